The fraction of sp³-hybridized carbons (Fsp3) is 0.500. The summed E-state index contributed by atoms with van der Waals surface area (Å²) in [4.78, 5) is 34.9. The zero-order chi connectivity index (χ0) is 20.7. The number of benzene rings is 1. The highest BCUT2D eigenvalue weighted by atomic mass is 32.2. The van der Waals surface area contributed by atoms with Gasteiger partial charge in [0.15, 0.2) is 5.16 Å². The molecule has 0 unspecified atom stereocenters. The normalized spacial score (nSPS) is 20.2. The van der Waals surface area contributed by atoms with Gasteiger partial charge in [-0.25, -0.2) is 4.98 Å². The van der Waals surface area contributed by atoms with Crippen LogP contribution in [0.15, 0.2) is 34.2 Å². The minimum atomic E-state index is -0.0874. The number of piperazine rings is 1. The van der Waals surface area contributed by atoms with Gasteiger partial charge in [0.25, 0.3) is 5.56 Å². The zero-order valence-electron chi connectivity index (χ0n) is 17.2. The molecule has 2 aromatic rings. The van der Waals surface area contributed by atoms with Crippen molar-refractivity contribution in [3.05, 3.63) is 45.9 Å². The number of aryl methyl sites for hydroxylation is 1. The van der Waals surface area contributed by atoms with E-state index in [9.17, 15) is 9.59 Å². The third-order valence-corrected chi connectivity index (χ3v) is 7.44. The summed E-state index contributed by atoms with van der Waals surface area (Å²) in [7, 11) is 1.68. The Labute approximate surface area is 180 Å². The molecule has 30 heavy (non-hydrogen) atoms. The molecule has 1 aromatic heterocycles. The smallest absolute Gasteiger partial charge is 0.257 e. The number of amides is 1. The largest absolute Gasteiger partial charge is 0.495 e. The molecule has 1 saturated heterocycles. The van der Waals surface area contributed by atoms with Gasteiger partial charge in [0.2, 0.25) is 5.91 Å². The van der Waals surface area contributed by atoms with Gasteiger partial charge in [-0.1, -0.05) is 23.9 Å². The summed E-state index contributed by atoms with van der Waals surface area (Å²) in [5.74, 6) is 1.73. The average Bonchev–Trinajstić information content (AvgIpc) is 3.41. The number of aromatic nitrogens is 2. The summed E-state index contributed by atoms with van der Waals surface area (Å²) in [6.45, 7) is 2.91. The lowest BCUT2D eigenvalue weighted by Gasteiger charge is -2.37. The van der Waals surface area contributed by atoms with Gasteiger partial charge in [0.1, 0.15) is 5.75 Å². The lowest BCUT2D eigenvalue weighted by molar-refractivity contribution is -0.132. The van der Waals surface area contributed by atoms with Crippen molar-refractivity contribution in [2.75, 3.05) is 43.9 Å². The molecule has 5 rings (SSSR count). The molecule has 0 N–H and O–H groups in total. The number of carbonyl (C=O) groups excluding carboxylic acids is 1. The first kappa shape index (κ1) is 19.5. The molecule has 1 amide bonds. The van der Waals surface area contributed by atoms with Crippen molar-refractivity contribution in [1.29, 1.82) is 0 Å². The molecule has 1 aliphatic carbocycles. The third-order valence-electron chi connectivity index (χ3n) is 6.34. The number of carbonyl (C=O) groups is 1. The van der Waals surface area contributed by atoms with E-state index in [0.29, 0.717) is 19.5 Å². The molecule has 1 atom stereocenters. The van der Waals surface area contributed by atoms with Crippen molar-refractivity contribution in [1.82, 2.24) is 14.5 Å². The van der Waals surface area contributed by atoms with E-state index in [1.165, 1.54) is 0 Å². The van der Waals surface area contributed by atoms with Crippen molar-refractivity contribution in [3.63, 3.8) is 0 Å². The van der Waals surface area contributed by atoms with Crippen molar-refractivity contribution in [2.45, 2.75) is 36.9 Å². The average molecular weight is 427 g/mol. The van der Waals surface area contributed by atoms with Crippen molar-refractivity contribution in [3.8, 4) is 5.75 Å². The first-order valence-electron chi connectivity index (χ1n) is 10.6. The Bertz CT molecular complexity index is 1030. The van der Waals surface area contributed by atoms with Crippen LogP contribution in [-0.4, -0.2) is 59.4 Å². The molecule has 2 aliphatic heterocycles. The van der Waals surface area contributed by atoms with E-state index in [2.05, 4.69) is 11.0 Å². The number of para-hydroxylation sites is 2. The van der Waals surface area contributed by atoms with E-state index in [1.807, 2.05) is 23.1 Å². The molecule has 0 radical (unpaired) electrons. The lowest BCUT2D eigenvalue weighted by atomic mass is 10.1. The number of methoxy groups -OCH3 is 1. The lowest BCUT2D eigenvalue weighted by Crippen LogP contribution is -2.49. The minimum absolute atomic E-state index is 0.0799. The minimum Gasteiger partial charge on any atom is -0.495 e. The zero-order valence-corrected chi connectivity index (χ0v) is 18.0. The van der Waals surface area contributed by atoms with Crippen LogP contribution >= 0.6 is 11.8 Å². The standard InChI is InChI=1S/C22H26N4O3S/c1-29-19-8-3-2-7-18(19)24-9-11-25(12-10-24)20(27)13-15-14-30-22-23-17-6-4-5-16(17)21(28)26(15)22/h2-3,7-8,15H,4-6,9-14H2,1H3/t15-/m0/s1. The molecule has 0 saturated carbocycles. The van der Waals surface area contributed by atoms with E-state index in [4.69, 9.17) is 9.72 Å². The Hall–Kier alpha value is -2.48. The molecular formula is C22H26N4O3S. The predicted molar refractivity (Wildman–Crippen MR) is 117 cm³/mol. The van der Waals surface area contributed by atoms with Gasteiger partial charge in [-0.3, -0.25) is 14.2 Å². The van der Waals surface area contributed by atoms with Crippen LogP contribution in [0.25, 0.3) is 0 Å². The highest BCUT2D eigenvalue weighted by molar-refractivity contribution is 7.99. The van der Waals surface area contributed by atoms with E-state index in [-0.39, 0.29) is 17.5 Å². The van der Waals surface area contributed by atoms with Gasteiger partial charge in [-0.05, 0) is 31.4 Å². The Kier molecular flexibility index (Phi) is 5.18. The van der Waals surface area contributed by atoms with Gasteiger partial charge >= 0.3 is 0 Å². The Morgan fingerprint density at radius 3 is 2.80 bits per heavy atom. The first-order chi connectivity index (χ1) is 14.7. The molecule has 3 aliphatic rings. The fourth-order valence-corrected chi connectivity index (χ4v) is 5.88. The number of nitrogens with zero attached hydrogens (tertiary/aromatic N) is 4. The fourth-order valence-electron chi connectivity index (χ4n) is 4.72. The van der Waals surface area contributed by atoms with Gasteiger partial charge in [-0.15, -0.1) is 0 Å². The number of anilines is 1. The first-order valence-corrected chi connectivity index (χ1v) is 11.6. The summed E-state index contributed by atoms with van der Waals surface area (Å²) < 4.78 is 7.26. The Morgan fingerprint density at radius 2 is 2.00 bits per heavy atom. The van der Waals surface area contributed by atoms with Crippen LogP contribution in [0.1, 0.15) is 30.1 Å². The van der Waals surface area contributed by atoms with Gasteiger partial charge < -0.3 is 14.5 Å². The van der Waals surface area contributed by atoms with Crippen molar-refractivity contribution >= 4 is 23.4 Å². The van der Waals surface area contributed by atoms with Crippen LogP contribution in [0.2, 0.25) is 0 Å². The summed E-state index contributed by atoms with van der Waals surface area (Å²) in [6, 6.07) is 7.90. The molecular weight excluding hydrogens is 400 g/mol. The third kappa shape index (κ3) is 3.37. The summed E-state index contributed by atoms with van der Waals surface area (Å²) in [5, 5.41) is 0.791. The molecule has 0 bridgehead atoms. The van der Waals surface area contributed by atoms with Crippen LogP contribution in [0.5, 0.6) is 5.75 Å². The SMILES string of the molecule is COc1ccccc1N1CCN(C(=O)C[C@H]2CSc3nc4c(c(=O)n32)CCC4)CC1. The maximum atomic E-state index is 13.0. The van der Waals surface area contributed by atoms with Crippen LogP contribution in [-0.2, 0) is 17.6 Å². The van der Waals surface area contributed by atoms with Crippen LogP contribution < -0.4 is 15.2 Å². The van der Waals surface area contributed by atoms with Gasteiger partial charge in [0.05, 0.1) is 24.5 Å². The summed E-state index contributed by atoms with van der Waals surface area (Å²) in [5.41, 5.74) is 2.98. The maximum Gasteiger partial charge on any atom is 0.257 e. The monoisotopic (exact) mass is 426 g/mol. The number of thioether (sulfide) groups is 1. The molecule has 158 valence electrons. The van der Waals surface area contributed by atoms with Crippen LogP contribution in [0.4, 0.5) is 5.69 Å². The van der Waals surface area contributed by atoms with E-state index in [1.54, 1.807) is 23.4 Å². The number of rotatable bonds is 4. The van der Waals surface area contributed by atoms with Gasteiger partial charge in [-0.2, -0.15) is 0 Å². The second kappa shape index (κ2) is 7.98. The second-order valence-corrected chi connectivity index (χ2v) is 9.04. The van der Waals surface area contributed by atoms with Crippen LogP contribution in [0.3, 0.4) is 0 Å². The second-order valence-electron chi connectivity index (χ2n) is 8.06. The van der Waals surface area contributed by atoms with Crippen LogP contribution in [0, 0.1) is 0 Å². The number of fused-ring (bicyclic) bond motifs is 2. The Morgan fingerprint density at radius 1 is 1.20 bits per heavy atom. The molecule has 0 spiro atoms. The maximum absolute atomic E-state index is 13.0. The summed E-state index contributed by atoms with van der Waals surface area (Å²) in [6.07, 6.45) is 3.09. The Balaban J connectivity index is 1.25. The number of ether oxygens (including phenoxy) is 1. The molecule has 1 aromatic carbocycles. The molecule has 3 heterocycles. The predicted octanol–water partition coefficient (Wildman–Crippen LogP) is 2.13. The highest BCUT2D eigenvalue weighted by Crippen LogP contribution is 2.34. The van der Waals surface area contributed by atoms with Crippen molar-refractivity contribution < 1.29 is 9.53 Å². The van der Waals surface area contributed by atoms with E-state index in [0.717, 1.165) is 66.0 Å². The van der Waals surface area contributed by atoms with E-state index >= 15 is 0 Å². The molecule has 7 nitrogen and oxygen atoms in total. The molecule has 1 fully saturated rings. The number of hydrogen-bond donors (Lipinski definition) is 0. The highest BCUT2D eigenvalue weighted by Gasteiger charge is 2.33. The topological polar surface area (TPSA) is 67.7 Å². The van der Waals surface area contributed by atoms with Gasteiger partial charge in [0, 0.05) is 43.9 Å². The molecule has 8 heteroatoms. The number of hydrogen-bond acceptors (Lipinski definition) is 6. The summed E-state index contributed by atoms with van der Waals surface area (Å²) >= 11 is 1.61. The van der Waals surface area contributed by atoms with E-state index < -0.39 is 0 Å². The van der Waals surface area contributed by atoms with Crippen molar-refractivity contribution in [2.24, 2.45) is 0 Å². The quantitative estimate of drug-likeness (QED) is 0.698.